The van der Waals surface area contributed by atoms with Crippen molar-refractivity contribution in [3.05, 3.63) is 47.5 Å². The molecule has 0 aliphatic heterocycles. The molecule has 0 spiro atoms. The summed E-state index contributed by atoms with van der Waals surface area (Å²) in [6.07, 6.45) is 1.45. The second kappa shape index (κ2) is 7.77. The van der Waals surface area contributed by atoms with Gasteiger partial charge in [0.25, 0.3) is 5.91 Å². The Morgan fingerprint density at radius 1 is 1.21 bits per heavy atom. The number of ether oxygens (including phenoxy) is 1. The van der Waals surface area contributed by atoms with Crippen LogP contribution in [-0.4, -0.2) is 27.9 Å². The van der Waals surface area contributed by atoms with Gasteiger partial charge in [0.05, 0.1) is 6.20 Å². The second-order valence-corrected chi connectivity index (χ2v) is 5.92. The van der Waals surface area contributed by atoms with Crippen LogP contribution in [0.1, 0.15) is 55.5 Å². The number of carbonyl (C=O) groups is 2. The van der Waals surface area contributed by atoms with E-state index in [0.717, 1.165) is 6.42 Å². The Morgan fingerprint density at radius 2 is 1.88 bits per heavy atom. The van der Waals surface area contributed by atoms with Crippen LogP contribution < -0.4 is 5.32 Å². The summed E-state index contributed by atoms with van der Waals surface area (Å²) in [4.78, 5) is 31.2. The molecule has 1 unspecified atom stereocenters. The lowest BCUT2D eigenvalue weighted by molar-refractivity contribution is -0.123. The fraction of sp³-hybridized carbons (Fsp3) is 0.389. The first-order valence-corrected chi connectivity index (χ1v) is 8.06. The molecule has 0 radical (unpaired) electrons. The number of anilines is 1. The highest BCUT2D eigenvalue weighted by molar-refractivity contribution is 5.96. The third-order valence-electron chi connectivity index (χ3n) is 3.65. The fourth-order valence-electron chi connectivity index (χ4n) is 2.08. The maximum atomic E-state index is 12.1. The van der Waals surface area contributed by atoms with E-state index < -0.39 is 12.1 Å². The number of aromatic amines is 1. The molecule has 0 aliphatic rings. The van der Waals surface area contributed by atoms with Crippen molar-refractivity contribution in [2.45, 2.75) is 46.1 Å². The molecule has 0 aliphatic carbocycles. The zero-order valence-electron chi connectivity index (χ0n) is 14.4. The van der Waals surface area contributed by atoms with Crippen LogP contribution in [0.15, 0.2) is 30.5 Å². The first-order chi connectivity index (χ1) is 11.4. The molecule has 24 heavy (non-hydrogen) atoms. The maximum Gasteiger partial charge on any atom is 0.357 e. The van der Waals surface area contributed by atoms with Gasteiger partial charge in [-0.05, 0) is 31.0 Å². The number of benzene rings is 1. The Morgan fingerprint density at radius 3 is 2.42 bits per heavy atom. The molecule has 0 fully saturated rings. The van der Waals surface area contributed by atoms with Gasteiger partial charge in [-0.25, -0.2) is 9.78 Å². The molecule has 0 saturated carbocycles. The molecule has 0 bridgehead atoms. The Kier molecular flexibility index (Phi) is 5.73. The standard InChI is InChI=1S/C18H23N3O3/c1-5-13-6-8-14(9-7-13)20-17(22)12(4)24-18(23)15-10-19-16(21-15)11(2)3/h6-12H,5H2,1-4H3,(H,19,21)(H,20,22). The van der Waals surface area contributed by atoms with E-state index in [-0.39, 0.29) is 17.5 Å². The van der Waals surface area contributed by atoms with Crippen LogP contribution in [0.5, 0.6) is 0 Å². The van der Waals surface area contributed by atoms with Gasteiger partial charge < -0.3 is 15.0 Å². The molecule has 2 N–H and O–H groups in total. The Labute approximate surface area is 141 Å². The van der Waals surface area contributed by atoms with Gasteiger partial charge in [0.15, 0.2) is 6.10 Å². The smallest absolute Gasteiger partial charge is 0.357 e. The average Bonchev–Trinajstić information content (AvgIpc) is 3.06. The molecule has 1 heterocycles. The van der Waals surface area contributed by atoms with Crippen molar-refractivity contribution in [1.29, 1.82) is 0 Å². The minimum absolute atomic E-state index is 0.179. The molecular formula is C18H23N3O3. The van der Waals surface area contributed by atoms with Crippen LogP contribution in [0, 0.1) is 0 Å². The highest BCUT2D eigenvalue weighted by Crippen LogP contribution is 2.13. The average molecular weight is 329 g/mol. The van der Waals surface area contributed by atoms with Crippen LogP contribution >= 0.6 is 0 Å². The van der Waals surface area contributed by atoms with E-state index in [0.29, 0.717) is 11.5 Å². The summed E-state index contributed by atoms with van der Waals surface area (Å²) in [5.74, 6) is -0.0944. The molecule has 1 aromatic heterocycles. The minimum Gasteiger partial charge on any atom is -0.448 e. The normalized spacial score (nSPS) is 12.0. The zero-order valence-corrected chi connectivity index (χ0v) is 14.4. The van der Waals surface area contributed by atoms with Crippen LogP contribution in [0.3, 0.4) is 0 Å². The lowest BCUT2D eigenvalue weighted by Gasteiger charge is -2.13. The molecule has 1 amide bonds. The van der Waals surface area contributed by atoms with Crippen LogP contribution in [0.2, 0.25) is 0 Å². The Bertz CT molecular complexity index is 705. The number of aryl methyl sites for hydroxylation is 1. The second-order valence-electron chi connectivity index (χ2n) is 5.92. The van der Waals surface area contributed by atoms with Gasteiger partial charge in [0.1, 0.15) is 11.5 Å². The SMILES string of the molecule is CCc1ccc(NC(=O)C(C)OC(=O)c2cnc(C(C)C)[nH]2)cc1. The number of carbonyl (C=O) groups excluding carboxylic acids is 2. The van der Waals surface area contributed by atoms with Crippen molar-refractivity contribution in [3.8, 4) is 0 Å². The van der Waals surface area contributed by atoms with Gasteiger partial charge >= 0.3 is 5.97 Å². The first-order valence-electron chi connectivity index (χ1n) is 8.06. The monoisotopic (exact) mass is 329 g/mol. The molecule has 0 saturated heterocycles. The van der Waals surface area contributed by atoms with Gasteiger partial charge in [-0.15, -0.1) is 0 Å². The van der Waals surface area contributed by atoms with Crippen LogP contribution in [0.4, 0.5) is 5.69 Å². The van der Waals surface area contributed by atoms with E-state index in [2.05, 4.69) is 22.2 Å². The molecule has 1 aromatic carbocycles. The molecule has 128 valence electrons. The Balaban J connectivity index is 1.93. The molecular weight excluding hydrogens is 306 g/mol. The largest absolute Gasteiger partial charge is 0.448 e. The summed E-state index contributed by atoms with van der Waals surface area (Å²) in [6, 6.07) is 7.55. The number of H-pyrrole nitrogens is 1. The predicted molar refractivity (Wildman–Crippen MR) is 92.0 cm³/mol. The lowest BCUT2D eigenvalue weighted by atomic mass is 10.1. The van der Waals surface area contributed by atoms with E-state index >= 15 is 0 Å². The highest BCUT2D eigenvalue weighted by atomic mass is 16.5. The van der Waals surface area contributed by atoms with Crippen LogP contribution in [0.25, 0.3) is 0 Å². The van der Waals surface area contributed by atoms with Crippen molar-refractivity contribution in [2.24, 2.45) is 0 Å². The lowest BCUT2D eigenvalue weighted by Crippen LogP contribution is -2.30. The molecule has 2 rings (SSSR count). The summed E-state index contributed by atoms with van der Waals surface area (Å²) >= 11 is 0. The van der Waals surface area contributed by atoms with Crippen molar-refractivity contribution >= 4 is 17.6 Å². The highest BCUT2D eigenvalue weighted by Gasteiger charge is 2.20. The fourth-order valence-corrected chi connectivity index (χ4v) is 2.08. The third kappa shape index (κ3) is 4.44. The number of hydrogen-bond donors (Lipinski definition) is 2. The van der Waals surface area contributed by atoms with Crippen molar-refractivity contribution in [1.82, 2.24) is 9.97 Å². The number of hydrogen-bond acceptors (Lipinski definition) is 4. The summed E-state index contributed by atoms with van der Waals surface area (Å²) < 4.78 is 5.19. The zero-order chi connectivity index (χ0) is 17.7. The van der Waals surface area contributed by atoms with Gasteiger partial charge in [-0.1, -0.05) is 32.9 Å². The number of nitrogens with one attached hydrogen (secondary N) is 2. The summed E-state index contributed by atoms with van der Waals surface area (Å²) in [5.41, 5.74) is 2.10. The van der Waals surface area contributed by atoms with Crippen molar-refractivity contribution in [2.75, 3.05) is 5.32 Å². The topological polar surface area (TPSA) is 84.1 Å². The molecule has 6 heteroatoms. The summed E-state index contributed by atoms with van der Waals surface area (Å²) in [5, 5.41) is 2.73. The van der Waals surface area contributed by atoms with Crippen LogP contribution in [-0.2, 0) is 16.0 Å². The van der Waals surface area contributed by atoms with Gasteiger partial charge in [-0.3, -0.25) is 4.79 Å². The summed E-state index contributed by atoms with van der Waals surface area (Å²) in [6.45, 7) is 7.53. The molecule has 1 atom stereocenters. The molecule has 2 aromatic rings. The van der Waals surface area contributed by atoms with Crippen molar-refractivity contribution in [3.63, 3.8) is 0 Å². The van der Waals surface area contributed by atoms with E-state index in [1.807, 2.05) is 38.1 Å². The summed E-state index contributed by atoms with van der Waals surface area (Å²) in [7, 11) is 0. The van der Waals surface area contributed by atoms with Gasteiger partial charge in [0, 0.05) is 11.6 Å². The van der Waals surface area contributed by atoms with Gasteiger partial charge in [0.2, 0.25) is 0 Å². The van der Waals surface area contributed by atoms with Gasteiger partial charge in [-0.2, -0.15) is 0 Å². The third-order valence-corrected chi connectivity index (χ3v) is 3.65. The minimum atomic E-state index is -0.908. The number of rotatable bonds is 6. The van der Waals surface area contributed by atoms with E-state index in [1.165, 1.54) is 18.7 Å². The first kappa shape index (κ1) is 17.7. The number of aromatic nitrogens is 2. The maximum absolute atomic E-state index is 12.1. The number of imidazole rings is 1. The Hall–Kier alpha value is -2.63. The number of esters is 1. The predicted octanol–water partition coefficient (Wildman–Crippen LogP) is 3.28. The van der Waals surface area contributed by atoms with Crippen molar-refractivity contribution < 1.29 is 14.3 Å². The number of amides is 1. The van der Waals surface area contributed by atoms with E-state index in [9.17, 15) is 9.59 Å². The van der Waals surface area contributed by atoms with E-state index in [1.54, 1.807) is 0 Å². The quantitative estimate of drug-likeness (QED) is 0.797. The molecule has 6 nitrogen and oxygen atoms in total. The number of nitrogens with zero attached hydrogens (tertiary/aromatic N) is 1. The van der Waals surface area contributed by atoms with E-state index in [4.69, 9.17) is 4.74 Å².